The summed E-state index contributed by atoms with van der Waals surface area (Å²) in [6.07, 6.45) is 0.374. The highest BCUT2D eigenvalue weighted by atomic mass is 16.6. The van der Waals surface area contributed by atoms with E-state index >= 15 is 0 Å². The molecule has 7 heteroatoms. The number of rotatable bonds is 7. The van der Waals surface area contributed by atoms with Gasteiger partial charge in [-0.05, 0) is 18.6 Å². The van der Waals surface area contributed by atoms with Crippen LogP contribution in [0.2, 0.25) is 0 Å². The highest BCUT2D eigenvalue weighted by Gasteiger charge is 2.16. The van der Waals surface area contributed by atoms with Crippen molar-refractivity contribution in [2.45, 2.75) is 19.8 Å². The van der Waals surface area contributed by atoms with Crippen molar-refractivity contribution in [1.29, 1.82) is 5.26 Å². The first kappa shape index (κ1) is 16.4. The van der Waals surface area contributed by atoms with Gasteiger partial charge < -0.3 is 9.64 Å². The third-order valence-electron chi connectivity index (χ3n) is 2.87. The monoisotopic (exact) mass is 291 g/mol. The lowest BCUT2D eigenvalue weighted by atomic mass is 10.2. The van der Waals surface area contributed by atoms with Crippen LogP contribution < -0.4 is 4.74 Å². The predicted octanol–water partition coefficient (Wildman–Crippen LogP) is 2.04. The molecular formula is C14H17N3O4. The van der Waals surface area contributed by atoms with Gasteiger partial charge in [-0.1, -0.05) is 6.07 Å². The van der Waals surface area contributed by atoms with E-state index in [1.807, 2.05) is 6.07 Å². The van der Waals surface area contributed by atoms with Crippen LogP contribution >= 0.6 is 0 Å². The van der Waals surface area contributed by atoms with Crippen molar-refractivity contribution in [2.24, 2.45) is 0 Å². The van der Waals surface area contributed by atoms with E-state index in [2.05, 4.69) is 0 Å². The van der Waals surface area contributed by atoms with Gasteiger partial charge in [-0.3, -0.25) is 14.9 Å². The normalized spacial score (nSPS) is 9.76. The zero-order chi connectivity index (χ0) is 15.8. The molecule has 1 aromatic carbocycles. The van der Waals surface area contributed by atoms with E-state index in [1.54, 1.807) is 26.1 Å². The number of amides is 1. The summed E-state index contributed by atoms with van der Waals surface area (Å²) in [5.74, 6) is -0.00645. The van der Waals surface area contributed by atoms with E-state index in [0.29, 0.717) is 6.54 Å². The first-order valence-corrected chi connectivity index (χ1v) is 6.44. The lowest BCUT2D eigenvalue weighted by molar-refractivity contribution is -0.385. The summed E-state index contributed by atoms with van der Waals surface area (Å²) in [7, 11) is 1.61. The molecule has 7 nitrogen and oxygen atoms in total. The summed E-state index contributed by atoms with van der Waals surface area (Å²) in [4.78, 5) is 23.5. The highest BCUT2D eigenvalue weighted by molar-refractivity contribution is 5.76. The maximum atomic E-state index is 11.7. The summed E-state index contributed by atoms with van der Waals surface area (Å²) in [5.41, 5.74) is 0.721. The number of nitrogens with zero attached hydrogens (tertiary/aromatic N) is 3. The van der Waals surface area contributed by atoms with Crippen molar-refractivity contribution >= 4 is 11.6 Å². The van der Waals surface area contributed by atoms with Crippen LogP contribution in [0.1, 0.15) is 18.4 Å². The van der Waals surface area contributed by atoms with E-state index < -0.39 is 4.92 Å². The average molecular weight is 291 g/mol. The maximum Gasteiger partial charge on any atom is 0.310 e. The van der Waals surface area contributed by atoms with E-state index in [-0.39, 0.29) is 36.8 Å². The molecule has 1 rings (SSSR count). The Morgan fingerprint density at radius 3 is 2.86 bits per heavy atom. The van der Waals surface area contributed by atoms with Crippen LogP contribution in [0.4, 0.5) is 5.69 Å². The van der Waals surface area contributed by atoms with Crippen LogP contribution in [-0.2, 0) is 4.79 Å². The summed E-state index contributed by atoms with van der Waals surface area (Å²) < 4.78 is 5.35. The Labute approximate surface area is 122 Å². The fraction of sp³-hybridized carbons (Fsp3) is 0.429. The van der Waals surface area contributed by atoms with Crippen LogP contribution in [0.25, 0.3) is 0 Å². The number of hydrogen-bond acceptors (Lipinski definition) is 5. The molecule has 0 atom stereocenters. The Kier molecular flexibility index (Phi) is 6.14. The van der Waals surface area contributed by atoms with Crippen LogP contribution in [0.5, 0.6) is 5.75 Å². The minimum Gasteiger partial charge on any atom is -0.486 e. The molecule has 0 N–H and O–H groups in total. The molecule has 112 valence electrons. The molecule has 0 aliphatic heterocycles. The summed E-state index contributed by atoms with van der Waals surface area (Å²) in [6.45, 7) is 2.22. The minimum absolute atomic E-state index is 0.0556. The fourth-order valence-corrected chi connectivity index (χ4v) is 1.67. The second kappa shape index (κ2) is 7.85. The number of nitriles is 1. The van der Waals surface area contributed by atoms with Crippen molar-refractivity contribution in [3.05, 3.63) is 33.9 Å². The Balaban J connectivity index is 2.56. The SMILES string of the molecule is Cc1ccc([N+](=O)[O-])c(OCCC(=O)N(C)CCC#N)c1. The van der Waals surface area contributed by atoms with Gasteiger partial charge in [0.15, 0.2) is 5.75 Å². The number of carbonyl (C=O) groups is 1. The van der Waals surface area contributed by atoms with Gasteiger partial charge in [0.05, 0.1) is 30.4 Å². The van der Waals surface area contributed by atoms with Crippen LogP contribution in [-0.4, -0.2) is 35.9 Å². The van der Waals surface area contributed by atoms with Gasteiger partial charge in [0, 0.05) is 19.7 Å². The molecule has 0 radical (unpaired) electrons. The Morgan fingerprint density at radius 1 is 1.52 bits per heavy atom. The van der Waals surface area contributed by atoms with E-state index in [1.165, 1.54) is 11.0 Å². The quantitative estimate of drug-likeness (QED) is 0.565. The van der Waals surface area contributed by atoms with Crippen molar-refractivity contribution in [2.75, 3.05) is 20.2 Å². The van der Waals surface area contributed by atoms with Gasteiger partial charge in [0.25, 0.3) is 0 Å². The van der Waals surface area contributed by atoms with Crippen molar-refractivity contribution in [1.82, 2.24) is 4.90 Å². The third-order valence-corrected chi connectivity index (χ3v) is 2.87. The molecule has 0 heterocycles. The number of hydrogen-bond donors (Lipinski definition) is 0. The molecule has 0 aromatic heterocycles. The average Bonchev–Trinajstić information content (AvgIpc) is 2.44. The smallest absolute Gasteiger partial charge is 0.310 e. The maximum absolute atomic E-state index is 11.7. The van der Waals surface area contributed by atoms with Crippen LogP contribution in [0, 0.1) is 28.4 Å². The largest absolute Gasteiger partial charge is 0.486 e. The van der Waals surface area contributed by atoms with Crippen molar-refractivity contribution < 1.29 is 14.5 Å². The van der Waals surface area contributed by atoms with Gasteiger partial charge in [-0.15, -0.1) is 0 Å². The number of aryl methyl sites for hydroxylation is 1. The molecule has 0 aliphatic rings. The molecule has 0 aliphatic carbocycles. The van der Waals surface area contributed by atoms with Gasteiger partial charge >= 0.3 is 5.69 Å². The number of nitro groups is 1. The molecule has 0 saturated carbocycles. The standard InChI is InChI=1S/C14H17N3O4/c1-11-4-5-12(17(19)20)13(10-11)21-9-6-14(18)16(2)8-3-7-15/h4-5,10H,3,6,8-9H2,1-2H3. The lowest BCUT2D eigenvalue weighted by Gasteiger charge is -2.15. The Bertz CT molecular complexity index is 566. The van der Waals surface area contributed by atoms with E-state index in [0.717, 1.165) is 5.56 Å². The van der Waals surface area contributed by atoms with E-state index in [9.17, 15) is 14.9 Å². The van der Waals surface area contributed by atoms with Gasteiger partial charge in [0.1, 0.15) is 0 Å². The van der Waals surface area contributed by atoms with E-state index in [4.69, 9.17) is 10.00 Å². The third kappa shape index (κ3) is 5.10. The van der Waals surface area contributed by atoms with Crippen molar-refractivity contribution in [3.63, 3.8) is 0 Å². The Morgan fingerprint density at radius 2 is 2.24 bits per heavy atom. The first-order valence-electron chi connectivity index (χ1n) is 6.44. The summed E-state index contributed by atoms with van der Waals surface area (Å²) >= 11 is 0. The minimum atomic E-state index is -0.518. The summed E-state index contributed by atoms with van der Waals surface area (Å²) in [6, 6.07) is 6.54. The second-order valence-electron chi connectivity index (χ2n) is 4.55. The molecule has 0 fully saturated rings. The predicted molar refractivity (Wildman–Crippen MR) is 75.8 cm³/mol. The molecule has 0 saturated heterocycles. The molecule has 0 unspecified atom stereocenters. The second-order valence-corrected chi connectivity index (χ2v) is 4.55. The fourth-order valence-electron chi connectivity index (χ4n) is 1.67. The van der Waals surface area contributed by atoms with Gasteiger partial charge in [-0.2, -0.15) is 5.26 Å². The number of ether oxygens (including phenoxy) is 1. The molecule has 0 bridgehead atoms. The van der Waals surface area contributed by atoms with Gasteiger partial charge in [0.2, 0.25) is 5.91 Å². The zero-order valence-corrected chi connectivity index (χ0v) is 12.0. The van der Waals surface area contributed by atoms with Crippen LogP contribution in [0.3, 0.4) is 0 Å². The molecule has 0 spiro atoms. The van der Waals surface area contributed by atoms with Crippen molar-refractivity contribution in [3.8, 4) is 11.8 Å². The summed E-state index contributed by atoms with van der Waals surface area (Å²) in [5, 5.41) is 19.3. The lowest BCUT2D eigenvalue weighted by Crippen LogP contribution is -2.28. The topological polar surface area (TPSA) is 96.5 Å². The first-order chi connectivity index (χ1) is 9.95. The number of nitro benzene ring substituents is 1. The molecule has 1 aromatic rings. The Hall–Kier alpha value is -2.62. The number of carbonyl (C=O) groups excluding carboxylic acids is 1. The number of benzene rings is 1. The molecule has 1 amide bonds. The van der Waals surface area contributed by atoms with Crippen LogP contribution in [0.15, 0.2) is 18.2 Å². The highest BCUT2D eigenvalue weighted by Crippen LogP contribution is 2.27. The molecule has 21 heavy (non-hydrogen) atoms. The zero-order valence-electron chi connectivity index (χ0n) is 12.0. The molecular weight excluding hydrogens is 274 g/mol. The van der Waals surface area contributed by atoms with Gasteiger partial charge in [-0.25, -0.2) is 0 Å².